The van der Waals surface area contributed by atoms with Gasteiger partial charge in [-0.15, -0.1) is 0 Å². The Morgan fingerprint density at radius 2 is 1.73 bits per heavy atom. The topological polar surface area (TPSA) is 27.7 Å². The molecule has 0 saturated carbocycles. The minimum absolute atomic E-state index is 0.211. The highest BCUT2D eigenvalue weighted by atomic mass is 16.5. The summed E-state index contributed by atoms with van der Waals surface area (Å²) in [6.07, 6.45) is 1.08. The molecule has 0 fully saturated rings. The van der Waals surface area contributed by atoms with E-state index in [0.29, 0.717) is 0 Å². The lowest BCUT2D eigenvalue weighted by molar-refractivity contribution is 0.118. The Hall–Kier alpha value is -1.22. The summed E-state index contributed by atoms with van der Waals surface area (Å²) in [5.74, 6) is 1.52. The van der Waals surface area contributed by atoms with Crippen molar-refractivity contribution >= 4 is 0 Å². The van der Waals surface area contributed by atoms with Gasteiger partial charge >= 0.3 is 0 Å². The largest absolute Gasteiger partial charge is 0.493 e. The van der Waals surface area contributed by atoms with Crippen LogP contribution < -0.4 is 9.47 Å². The first-order chi connectivity index (χ1) is 7.21. The average molecular weight is 210 g/mol. The third-order valence-corrected chi connectivity index (χ3v) is 2.37. The van der Waals surface area contributed by atoms with Crippen molar-refractivity contribution in [2.24, 2.45) is 0 Å². The lowest BCUT2D eigenvalue weighted by atomic mass is 10.1. The number of rotatable bonds is 5. The molecule has 0 aliphatic rings. The van der Waals surface area contributed by atoms with Gasteiger partial charge in [-0.1, -0.05) is 6.07 Å². The molecule has 0 amide bonds. The highest BCUT2D eigenvalue weighted by molar-refractivity contribution is 5.43. The number of ether oxygens (including phenoxy) is 3. The highest BCUT2D eigenvalue weighted by Gasteiger charge is 2.07. The second kappa shape index (κ2) is 5.61. The van der Waals surface area contributed by atoms with Gasteiger partial charge in [0.1, 0.15) is 0 Å². The third-order valence-electron chi connectivity index (χ3n) is 2.37. The Balaban J connectivity index is 2.83. The van der Waals surface area contributed by atoms with E-state index < -0.39 is 0 Å². The maximum atomic E-state index is 5.23. The van der Waals surface area contributed by atoms with Gasteiger partial charge in [-0.3, -0.25) is 0 Å². The van der Waals surface area contributed by atoms with Crippen molar-refractivity contribution in [1.29, 1.82) is 0 Å². The van der Waals surface area contributed by atoms with Gasteiger partial charge in [0, 0.05) is 7.11 Å². The summed E-state index contributed by atoms with van der Waals surface area (Å²) in [7, 11) is 4.99. The Bertz CT molecular complexity index is 310. The molecule has 1 atom stereocenters. The molecule has 0 aliphatic carbocycles. The minimum atomic E-state index is 0.211. The second-order valence-corrected chi connectivity index (χ2v) is 3.44. The van der Waals surface area contributed by atoms with Crippen LogP contribution in [0.1, 0.15) is 12.5 Å². The van der Waals surface area contributed by atoms with E-state index in [2.05, 4.69) is 0 Å². The second-order valence-electron chi connectivity index (χ2n) is 3.44. The normalized spacial score (nSPS) is 12.3. The standard InChI is InChI=1S/C12H18O3/c1-9(13-2)7-10-5-6-11(14-3)12(8-10)15-4/h5-6,8-9H,7H2,1-4H3. The van der Waals surface area contributed by atoms with Crippen LogP contribution in [0, 0.1) is 0 Å². The van der Waals surface area contributed by atoms with Crippen LogP contribution in [-0.2, 0) is 11.2 Å². The SMILES string of the molecule is COc1ccc(CC(C)OC)cc1OC. The van der Waals surface area contributed by atoms with Gasteiger partial charge in [0.15, 0.2) is 11.5 Å². The summed E-state index contributed by atoms with van der Waals surface area (Å²) in [5.41, 5.74) is 1.18. The molecular formula is C12H18O3. The lowest BCUT2D eigenvalue weighted by Crippen LogP contribution is -2.08. The van der Waals surface area contributed by atoms with Crippen molar-refractivity contribution in [2.45, 2.75) is 19.4 Å². The van der Waals surface area contributed by atoms with Crippen LogP contribution in [-0.4, -0.2) is 27.4 Å². The van der Waals surface area contributed by atoms with Gasteiger partial charge in [0.2, 0.25) is 0 Å². The highest BCUT2D eigenvalue weighted by Crippen LogP contribution is 2.28. The summed E-state index contributed by atoms with van der Waals surface area (Å²) in [6.45, 7) is 2.04. The van der Waals surface area contributed by atoms with Crippen LogP contribution in [0.25, 0.3) is 0 Å². The molecular weight excluding hydrogens is 192 g/mol. The number of methoxy groups -OCH3 is 3. The molecule has 84 valence electrons. The van der Waals surface area contributed by atoms with Gasteiger partial charge in [-0.05, 0) is 31.0 Å². The lowest BCUT2D eigenvalue weighted by Gasteiger charge is -2.12. The molecule has 0 N–H and O–H groups in total. The molecule has 0 spiro atoms. The van der Waals surface area contributed by atoms with Crippen molar-refractivity contribution < 1.29 is 14.2 Å². The Morgan fingerprint density at radius 1 is 1.07 bits per heavy atom. The molecule has 3 heteroatoms. The monoisotopic (exact) mass is 210 g/mol. The Labute approximate surface area is 91.0 Å². The van der Waals surface area contributed by atoms with Crippen LogP contribution in [0.4, 0.5) is 0 Å². The fraction of sp³-hybridized carbons (Fsp3) is 0.500. The van der Waals surface area contributed by atoms with Crippen LogP contribution in [0.15, 0.2) is 18.2 Å². The maximum absolute atomic E-state index is 5.23. The zero-order chi connectivity index (χ0) is 11.3. The smallest absolute Gasteiger partial charge is 0.160 e. The first kappa shape index (κ1) is 11.9. The van der Waals surface area contributed by atoms with Crippen LogP contribution in [0.2, 0.25) is 0 Å². The summed E-state index contributed by atoms with van der Waals surface area (Å²) < 4.78 is 15.6. The predicted molar refractivity (Wildman–Crippen MR) is 59.7 cm³/mol. The van der Waals surface area contributed by atoms with E-state index >= 15 is 0 Å². The van der Waals surface area contributed by atoms with E-state index in [4.69, 9.17) is 14.2 Å². The van der Waals surface area contributed by atoms with E-state index in [1.165, 1.54) is 5.56 Å². The number of hydrogen-bond acceptors (Lipinski definition) is 3. The molecule has 3 nitrogen and oxygen atoms in total. The van der Waals surface area contributed by atoms with Crippen LogP contribution in [0.5, 0.6) is 11.5 Å². The van der Waals surface area contributed by atoms with E-state index in [1.807, 2.05) is 25.1 Å². The molecule has 1 aromatic rings. The fourth-order valence-corrected chi connectivity index (χ4v) is 1.42. The molecule has 1 unspecified atom stereocenters. The zero-order valence-electron chi connectivity index (χ0n) is 9.74. The first-order valence-electron chi connectivity index (χ1n) is 4.95. The molecule has 0 aliphatic heterocycles. The van der Waals surface area contributed by atoms with E-state index in [-0.39, 0.29) is 6.10 Å². The summed E-state index contributed by atoms with van der Waals surface area (Å²) in [4.78, 5) is 0. The third kappa shape index (κ3) is 3.13. The fourth-order valence-electron chi connectivity index (χ4n) is 1.42. The van der Waals surface area contributed by atoms with E-state index in [9.17, 15) is 0 Å². The number of hydrogen-bond donors (Lipinski definition) is 0. The van der Waals surface area contributed by atoms with E-state index in [0.717, 1.165) is 17.9 Å². The molecule has 0 heterocycles. The predicted octanol–water partition coefficient (Wildman–Crippen LogP) is 2.28. The van der Waals surface area contributed by atoms with Crippen molar-refractivity contribution in [1.82, 2.24) is 0 Å². The van der Waals surface area contributed by atoms with Crippen LogP contribution >= 0.6 is 0 Å². The van der Waals surface area contributed by atoms with Gasteiger partial charge < -0.3 is 14.2 Å². The van der Waals surface area contributed by atoms with Crippen LogP contribution in [0.3, 0.4) is 0 Å². The molecule has 15 heavy (non-hydrogen) atoms. The van der Waals surface area contributed by atoms with Gasteiger partial charge in [-0.25, -0.2) is 0 Å². The van der Waals surface area contributed by atoms with Crippen molar-refractivity contribution in [2.75, 3.05) is 21.3 Å². The summed E-state index contributed by atoms with van der Waals surface area (Å²) >= 11 is 0. The molecule has 0 radical (unpaired) electrons. The maximum Gasteiger partial charge on any atom is 0.160 e. The quantitative estimate of drug-likeness (QED) is 0.746. The Kier molecular flexibility index (Phi) is 4.43. The molecule has 1 aromatic carbocycles. The zero-order valence-corrected chi connectivity index (χ0v) is 9.74. The van der Waals surface area contributed by atoms with Gasteiger partial charge in [-0.2, -0.15) is 0 Å². The van der Waals surface area contributed by atoms with E-state index in [1.54, 1.807) is 21.3 Å². The average Bonchev–Trinajstić information content (AvgIpc) is 2.28. The molecule has 0 saturated heterocycles. The van der Waals surface area contributed by atoms with Crippen molar-refractivity contribution in [3.63, 3.8) is 0 Å². The summed E-state index contributed by atoms with van der Waals surface area (Å²) in [5, 5.41) is 0. The first-order valence-corrected chi connectivity index (χ1v) is 4.95. The molecule has 0 aromatic heterocycles. The van der Waals surface area contributed by atoms with Crippen molar-refractivity contribution in [3.8, 4) is 11.5 Å². The number of benzene rings is 1. The van der Waals surface area contributed by atoms with Gasteiger partial charge in [0.25, 0.3) is 0 Å². The van der Waals surface area contributed by atoms with Gasteiger partial charge in [0.05, 0.1) is 20.3 Å². The molecule has 0 bridgehead atoms. The summed E-state index contributed by atoms with van der Waals surface area (Å²) in [6, 6.07) is 5.92. The molecule has 1 rings (SSSR count). The minimum Gasteiger partial charge on any atom is -0.493 e. The Morgan fingerprint density at radius 3 is 2.27 bits per heavy atom. The van der Waals surface area contributed by atoms with Crippen molar-refractivity contribution in [3.05, 3.63) is 23.8 Å².